The smallest absolute Gasteiger partial charge is 0.251 e. The van der Waals surface area contributed by atoms with Gasteiger partial charge in [0.2, 0.25) is 5.91 Å². The minimum absolute atomic E-state index is 0.0443. The fourth-order valence-corrected chi connectivity index (χ4v) is 4.18. The molecule has 4 rings (SSSR count). The van der Waals surface area contributed by atoms with E-state index in [1.807, 2.05) is 42.8 Å². The van der Waals surface area contributed by atoms with Crippen LogP contribution in [0.1, 0.15) is 32.9 Å². The summed E-state index contributed by atoms with van der Waals surface area (Å²) in [6, 6.07) is 15.6. The van der Waals surface area contributed by atoms with E-state index >= 15 is 0 Å². The molecular weight excluding hydrogens is 384 g/mol. The average Bonchev–Trinajstić information content (AvgIpc) is 2.99. The van der Waals surface area contributed by atoms with Crippen LogP contribution in [-0.4, -0.2) is 27.3 Å². The molecule has 2 aromatic carbocycles. The highest BCUT2D eigenvalue weighted by atomic mass is 32.2. The Labute approximate surface area is 173 Å². The van der Waals surface area contributed by atoms with Crippen LogP contribution in [-0.2, 0) is 17.9 Å². The molecule has 7 heteroatoms. The highest BCUT2D eigenvalue weighted by Gasteiger charge is 2.18. The molecule has 0 saturated carbocycles. The quantitative estimate of drug-likeness (QED) is 0.680. The Morgan fingerprint density at radius 3 is 2.79 bits per heavy atom. The summed E-state index contributed by atoms with van der Waals surface area (Å²) >= 11 is 1.48. The number of nitrogens with one attached hydrogen (secondary N) is 2. The molecule has 2 heterocycles. The number of hydrogen-bond acceptors (Lipinski definition) is 4. The summed E-state index contributed by atoms with van der Waals surface area (Å²) in [5.74, 6) is 0.189. The first-order valence-corrected chi connectivity index (χ1v) is 10.4. The molecule has 0 unspecified atom stereocenters. The third kappa shape index (κ3) is 4.19. The lowest BCUT2D eigenvalue weighted by Gasteiger charge is -2.17. The predicted octanol–water partition coefficient (Wildman–Crippen LogP) is 3.52. The zero-order valence-corrected chi connectivity index (χ0v) is 17.2. The number of amides is 2. The summed E-state index contributed by atoms with van der Waals surface area (Å²) in [7, 11) is 0. The van der Waals surface area contributed by atoms with Crippen LogP contribution in [0, 0.1) is 13.8 Å². The van der Waals surface area contributed by atoms with Crippen molar-refractivity contribution in [1.29, 1.82) is 0 Å². The van der Waals surface area contributed by atoms with Crippen molar-refractivity contribution in [2.45, 2.75) is 31.8 Å². The van der Waals surface area contributed by atoms with Crippen LogP contribution in [0.15, 0.2) is 53.4 Å². The van der Waals surface area contributed by atoms with Crippen molar-refractivity contribution in [1.82, 2.24) is 15.1 Å². The Morgan fingerprint density at radius 2 is 2.00 bits per heavy atom. The van der Waals surface area contributed by atoms with Gasteiger partial charge in [-0.25, -0.2) is 0 Å². The van der Waals surface area contributed by atoms with Crippen molar-refractivity contribution < 1.29 is 9.59 Å². The molecule has 1 aliphatic heterocycles. The fraction of sp³-hybridized carbons (Fsp3) is 0.227. The van der Waals surface area contributed by atoms with E-state index in [0.717, 1.165) is 21.8 Å². The number of rotatable bonds is 5. The van der Waals surface area contributed by atoms with Gasteiger partial charge >= 0.3 is 0 Å². The Bertz CT molecular complexity index is 1080. The van der Waals surface area contributed by atoms with Crippen LogP contribution in [0.25, 0.3) is 0 Å². The number of fused-ring (bicyclic) bond motifs is 1. The third-order valence-electron chi connectivity index (χ3n) is 5.01. The number of benzene rings is 2. The third-order valence-corrected chi connectivity index (χ3v) is 6.08. The van der Waals surface area contributed by atoms with Crippen LogP contribution < -0.4 is 10.6 Å². The number of hydrogen-bond donors (Lipinski definition) is 2. The van der Waals surface area contributed by atoms with E-state index in [1.54, 1.807) is 12.1 Å². The number of carbonyl (C=O) groups excluding carboxylic acids is 2. The number of thioether (sulfide) groups is 1. The van der Waals surface area contributed by atoms with E-state index < -0.39 is 0 Å². The largest absolute Gasteiger partial charge is 0.348 e. The molecule has 3 aromatic rings. The van der Waals surface area contributed by atoms with Gasteiger partial charge in [-0.15, -0.1) is 11.8 Å². The second kappa shape index (κ2) is 8.13. The molecule has 0 bridgehead atoms. The molecule has 0 saturated heterocycles. The summed E-state index contributed by atoms with van der Waals surface area (Å²) in [4.78, 5) is 25.2. The normalized spacial score (nSPS) is 13.0. The number of aryl methyl sites for hydroxylation is 1. The number of anilines is 1. The Balaban J connectivity index is 1.46. The average molecular weight is 407 g/mol. The van der Waals surface area contributed by atoms with Gasteiger partial charge in [0.15, 0.2) is 0 Å². The molecule has 148 valence electrons. The van der Waals surface area contributed by atoms with Crippen LogP contribution in [0.5, 0.6) is 0 Å². The molecule has 0 radical (unpaired) electrons. The first-order valence-electron chi connectivity index (χ1n) is 9.43. The minimum atomic E-state index is -0.174. The van der Waals surface area contributed by atoms with Crippen LogP contribution in [0.4, 0.5) is 5.69 Å². The van der Waals surface area contributed by atoms with Gasteiger partial charge in [-0.05, 0) is 37.6 Å². The van der Waals surface area contributed by atoms with E-state index in [4.69, 9.17) is 0 Å². The van der Waals surface area contributed by atoms with E-state index in [9.17, 15) is 9.59 Å². The summed E-state index contributed by atoms with van der Waals surface area (Å²) in [6.45, 7) is 5.09. The topological polar surface area (TPSA) is 76.0 Å². The second-order valence-electron chi connectivity index (χ2n) is 7.02. The monoisotopic (exact) mass is 406 g/mol. The lowest BCUT2D eigenvalue weighted by Crippen LogP contribution is -2.24. The van der Waals surface area contributed by atoms with Crippen LogP contribution in [0.3, 0.4) is 0 Å². The van der Waals surface area contributed by atoms with E-state index in [-0.39, 0.29) is 11.8 Å². The summed E-state index contributed by atoms with van der Waals surface area (Å²) < 4.78 is 1.97. The molecule has 6 nitrogen and oxygen atoms in total. The first kappa shape index (κ1) is 19.3. The molecule has 0 atom stereocenters. The maximum atomic E-state index is 12.6. The van der Waals surface area contributed by atoms with Gasteiger partial charge in [0.05, 0.1) is 23.7 Å². The zero-order chi connectivity index (χ0) is 20.4. The Kier molecular flexibility index (Phi) is 5.40. The van der Waals surface area contributed by atoms with E-state index in [2.05, 4.69) is 27.9 Å². The van der Waals surface area contributed by atoms with E-state index in [1.165, 1.54) is 17.3 Å². The lowest BCUT2D eigenvalue weighted by atomic mass is 10.1. The molecular formula is C22H22N4O2S. The van der Waals surface area contributed by atoms with Gasteiger partial charge in [-0.2, -0.15) is 5.10 Å². The number of aromatic nitrogens is 2. The van der Waals surface area contributed by atoms with E-state index in [0.29, 0.717) is 30.1 Å². The van der Waals surface area contributed by atoms with Gasteiger partial charge < -0.3 is 10.6 Å². The molecule has 2 N–H and O–H groups in total. The van der Waals surface area contributed by atoms with Gasteiger partial charge in [0.25, 0.3) is 5.91 Å². The number of nitrogens with zero attached hydrogens (tertiary/aromatic N) is 2. The van der Waals surface area contributed by atoms with Crippen molar-refractivity contribution in [3.8, 4) is 0 Å². The highest BCUT2D eigenvalue weighted by Crippen LogP contribution is 2.32. The lowest BCUT2D eigenvalue weighted by molar-refractivity contribution is -0.113. The maximum Gasteiger partial charge on any atom is 0.251 e. The SMILES string of the molecule is Cc1nn(Cc2ccccc2)c(C)c1CNC(=O)c1ccc2c(c1)NC(=O)CS2. The first-order chi connectivity index (χ1) is 14.0. The molecule has 2 amide bonds. The second-order valence-corrected chi connectivity index (χ2v) is 8.04. The van der Waals surface area contributed by atoms with Gasteiger partial charge in [-0.3, -0.25) is 14.3 Å². The zero-order valence-electron chi connectivity index (χ0n) is 16.4. The maximum absolute atomic E-state index is 12.6. The Morgan fingerprint density at radius 1 is 1.21 bits per heavy atom. The van der Waals surface area contributed by atoms with Crippen LogP contribution in [0.2, 0.25) is 0 Å². The molecule has 1 aromatic heterocycles. The number of carbonyl (C=O) groups is 2. The molecule has 0 spiro atoms. The minimum Gasteiger partial charge on any atom is -0.348 e. The van der Waals surface area contributed by atoms with Gasteiger partial charge in [-0.1, -0.05) is 30.3 Å². The summed E-state index contributed by atoms with van der Waals surface area (Å²) in [6.07, 6.45) is 0. The van der Waals surface area contributed by atoms with Gasteiger partial charge in [0.1, 0.15) is 0 Å². The summed E-state index contributed by atoms with van der Waals surface area (Å²) in [5, 5.41) is 10.4. The van der Waals surface area contributed by atoms with Crippen molar-refractivity contribution in [2.75, 3.05) is 11.1 Å². The van der Waals surface area contributed by atoms with Crippen molar-refractivity contribution in [2.24, 2.45) is 0 Å². The Hall–Kier alpha value is -3.06. The molecule has 29 heavy (non-hydrogen) atoms. The standard InChI is InChI=1S/C22H22N4O2S/c1-14-18(15(2)26(25-14)12-16-6-4-3-5-7-16)11-23-22(28)17-8-9-20-19(10-17)24-21(27)13-29-20/h3-10H,11-13H2,1-2H3,(H,23,28)(H,24,27). The van der Waals surface area contributed by atoms with Crippen LogP contribution >= 0.6 is 11.8 Å². The van der Waals surface area contributed by atoms with Gasteiger partial charge in [0, 0.05) is 28.3 Å². The fourth-order valence-electron chi connectivity index (χ4n) is 3.40. The summed E-state index contributed by atoms with van der Waals surface area (Å²) in [5.41, 5.74) is 5.38. The van der Waals surface area contributed by atoms with Crippen molar-refractivity contribution >= 4 is 29.3 Å². The molecule has 1 aliphatic rings. The molecule has 0 fully saturated rings. The predicted molar refractivity (Wildman–Crippen MR) is 114 cm³/mol. The van der Waals surface area contributed by atoms with Crippen molar-refractivity contribution in [3.05, 3.63) is 76.6 Å². The van der Waals surface area contributed by atoms with Crippen molar-refractivity contribution in [3.63, 3.8) is 0 Å². The highest BCUT2D eigenvalue weighted by molar-refractivity contribution is 8.00. The molecule has 0 aliphatic carbocycles.